The van der Waals surface area contributed by atoms with Crippen LogP contribution in [-0.2, 0) is 27.4 Å². The van der Waals surface area contributed by atoms with Gasteiger partial charge >= 0.3 is 17.8 Å². The lowest BCUT2D eigenvalue weighted by Gasteiger charge is -2.18. The Hall–Kier alpha value is -2.14. The molecule has 1 aliphatic heterocycles. The maximum Gasteiger partial charge on any atom is 0.471 e. The lowest BCUT2D eigenvalue weighted by Crippen LogP contribution is -2.41. The van der Waals surface area contributed by atoms with Crippen LogP contribution in [0.3, 0.4) is 0 Å². The van der Waals surface area contributed by atoms with Gasteiger partial charge in [0.2, 0.25) is 0 Å². The Labute approximate surface area is 165 Å². The molecule has 0 bridgehead atoms. The number of carbonyl (C=O) groups excluding carboxylic acids is 1. The number of halogens is 3. The fourth-order valence-electron chi connectivity index (χ4n) is 3.02. The standard InChI is InChI=1S/C18H26F3N3O5/c1-17(2)28-12-13(29-17)11-23-10-7-14(25)24(16(23)27)9-6-4-3-5-8-22-15(26)18(19,20)21/h7,10,13H,3-6,8-9,11-12H2,1-2H3,(H,22,26). The summed E-state index contributed by atoms with van der Waals surface area (Å²) < 4.78 is 49.8. The zero-order valence-electron chi connectivity index (χ0n) is 16.5. The molecule has 11 heteroatoms. The first-order valence-corrected chi connectivity index (χ1v) is 9.47. The van der Waals surface area contributed by atoms with Crippen molar-refractivity contribution in [2.45, 2.75) is 70.7 Å². The van der Waals surface area contributed by atoms with E-state index in [0.717, 1.165) is 4.57 Å². The van der Waals surface area contributed by atoms with Crippen LogP contribution in [0.5, 0.6) is 0 Å². The van der Waals surface area contributed by atoms with Gasteiger partial charge in [0, 0.05) is 25.4 Å². The molecule has 2 rings (SSSR count). The van der Waals surface area contributed by atoms with Gasteiger partial charge < -0.3 is 14.8 Å². The van der Waals surface area contributed by atoms with E-state index in [0.29, 0.717) is 32.3 Å². The number of rotatable bonds is 9. The second kappa shape index (κ2) is 9.57. The second-order valence-corrected chi connectivity index (χ2v) is 7.36. The lowest BCUT2D eigenvalue weighted by molar-refractivity contribution is -0.173. The molecule has 0 aliphatic carbocycles. The Bertz CT molecular complexity index is 816. The molecule has 1 aromatic heterocycles. The molecule has 29 heavy (non-hydrogen) atoms. The molecule has 1 unspecified atom stereocenters. The van der Waals surface area contributed by atoms with E-state index in [1.165, 1.54) is 16.8 Å². The van der Waals surface area contributed by atoms with Crippen molar-refractivity contribution in [2.24, 2.45) is 0 Å². The molecule has 0 spiro atoms. The van der Waals surface area contributed by atoms with Crippen molar-refractivity contribution in [1.82, 2.24) is 14.5 Å². The number of amides is 1. The number of nitrogens with zero attached hydrogens (tertiary/aromatic N) is 2. The smallest absolute Gasteiger partial charge is 0.348 e. The summed E-state index contributed by atoms with van der Waals surface area (Å²) in [6.45, 7) is 4.32. The predicted molar refractivity (Wildman–Crippen MR) is 97.4 cm³/mol. The first-order valence-electron chi connectivity index (χ1n) is 9.47. The largest absolute Gasteiger partial charge is 0.471 e. The monoisotopic (exact) mass is 421 g/mol. The van der Waals surface area contributed by atoms with Gasteiger partial charge in [0.25, 0.3) is 5.56 Å². The minimum atomic E-state index is -4.88. The van der Waals surface area contributed by atoms with Gasteiger partial charge in [-0.15, -0.1) is 0 Å². The number of hydrogen-bond donors (Lipinski definition) is 1. The van der Waals surface area contributed by atoms with Crippen LogP contribution in [0.4, 0.5) is 13.2 Å². The fraction of sp³-hybridized carbons (Fsp3) is 0.722. The zero-order chi connectivity index (χ0) is 21.7. The molecule has 164 valence electrons. The zero-order valence-corrected chi connectivity index (χ0v) is 16.5. The van der Waals surface area contributed by atoms with Crippen molar-refractivity contribution in [2.75, 3.05) is 13.2 Å². The Balaban J connectivity index is 1.78. The van der Waals surface area contributed by atoms with E-state index in [9.17, 15) is 27.6 Å². The molecule has 0 radical (unpaired) electrons. The summed E-state index contributed by atoms with van der Waals surface area (Å²) in [5, 5.41) is 1.80. The van der Waals surface area contributed by atoms with E-state index in [2.05, 4.69) is 0 Å². The summed E-state index contributed by atoms with van der Waals surface area (Å²) in [7, 11) is 0. The number of hydrogen-bond acceptors (Lipinski definition) is 5. The highest BCUT2D eigenvalue weighted by atomic mass is 19.4. The van der Waals surface area contributed by atoms with Crippen LogP contribution in [-0.4, -0.2) is 46.3 Å². The van der Waals surface area contributed by atoms with Crippen LogP contribution >= 0.6 is 0 Å². The average molecular weight is 421 g/mol. The van der Waals surface area contributed by atoms with Crippen LogP contribution in [0.25, 0.3) is 0 Å². The van der Waals surface area contributed by atoms with Crippen molar-refractivity contribution in [1.29, 1.82) is 0 Å². The molecule has 1 fully saturated rings. The number of alkyl halides is 3. The van der Waals surface area contributed by atoms with E-state index in [4.69, 9.17) is 9.47 Å². The van der Waals surface area contributed by atoms with Crippen molar-refractivity contribution in [3.63, 3.8) is 0 Å². The highest BCUT2D eigenvalue weighted by Crippen LogP contribution is 2.22. The van der Waals surface area contributed by atoms with Gasteiger partial charge in [-0.2, -0.15) is 13.2 Å². The average Bonchev–Trinajstić information content (AvgIpc) is 2.96. The third-order valence-corrected chi connectivity index (χ3v) is 4.46. The minimum absolute atomic E-state index is 0.0732. The van der Waals surface area contributed by atoms with Crippen molar-refractivity contribution < 1.29 is 27.4 Å². The van der Waals surface area contributed by atoms with Gasteiger partial charge in [-0.25, -0.2) is 4.79 Å². The number of carbonyl (C=O) groups is 1. The molecule has 1 N–H and O–H groups in total. The first kappa shape index (κ1) is 23.1. The normalized spacial score (nSPS) is 18.7. The summed E-state index contributed by atoms with van der Waals surface area (Å²) in [5.41, 5.74) is -0.851. The molecule has 0 saturated carbocycles. The van der Waals surface area contributed by atoms with Gasteiger partial charge in [-0.05, 0) is 26.7 Å². The Morgan fingerprint density at radius 2 is 1.93 bits per heavy atom. The van der Waals surface area contributed by atoms with Gasteiger partial charge in [0.05, 0.1) is 13.2 Å². The van der Waals surface area contributed by atoms with Crippen molar-refractivity contribution in [3.05, 3.63) is 33.1 Å². The highest BCUT2D eigenvalue weighted by Gasteiger charge is 2.38. The Morgan fingerprint density at radius 3 is 2.55 bits per heavy atom. The number of nitrogens with one attached hydrogen (secondary N) is 1. The third-order valence-electron chi connectivity index (χ3n) is 4.46. The summed E-state index contributed by atoms with van der Waals surface area (Å²) in [5.74, 6) is -2.66. The topological polar surface area (TPSA) is 91.6 Å². The van der Waals surface area contributed by atoms with Gasteiger partial charge in [0.15, 0.2) is 5.79 Å². The van der Waals surface area contributed by atoms with Crippen LogP contribution < -0.4 is 16.6 Å². The van der Waals surface area contributed by atoms with Crippen LogP contribution in [0.15, 0.2) is 21.9 Å². The van der Waals surface area contributed by atoms with Crippen molar-refractivity contribution in [3.8, 4) is 0 Å². The molecular weight excluding hydrogens is 395 g/mol. The summed E-state index contributed by atoms with van der Waals surface area (Å²) >= 11 is 0. The summed E-state index contributed by atoms with van der Waals surface area (Å²) in [6, 6.07) is 1.31. The maximum atomic E-state index is 12.5. The number of aromatic nitrogens is 2. The molecule has 1 aliphatic rings. The van der Waals surface area contributed by atoms with Crippen LogP contribution in [0, 0.1) is 0 Å². The fourth-order valence-corrected chi connectivity index (χ4v) is 3.02. The highest BCUT2D eigenvalue weighted by molar-refractivity contribution is 5.81. The Morgan fingerprint density at radius 1 is 1.24 bits per heavy atom. The van der Waals surface area contributed by atoms with Gasteiger partial charge in [-0.1, -0.05) is 12.8 Å². The van der Waals surface area contributed by atoms with E-state index >= 15 is 0 Å². The number of ether oxygens (including phenoxy) is 2. The van der Waals surface area contributed by atoms with Crippen molar-refractivity contribution >= 4 is 5.91 Å². The van der Waals surface area contributed by atoms with E-state index in [1.807, 2.05) is 0 Å². The molecule has 1 saturated heterocycles. The molecule has 1 aromatic rings. The first-order chi connectivity index (χ1) is 13.5. The Kier molecular flexibility index (Phi) is 7.64. The molecule has 1 amide bonds. The van der Waals surface area contributed by atoms with E-state index in [-0.39, 0.29) is 25.7 Å². The molecule has 0 aromatic carbocycles. The summed E-state index contributed by atoms with van der Waals surface area (Å²) in [6.07, 6.45) is -1.67. The number of unbranched alkanes of at least 4 members (excludes halogenated alkanes) is 3. The van der Waals surface area contributed by atoms with Gasteiger partial charge in [-0.3, -0.25) is 18.7 Å². The quantitative estimate of drug-likeness (QED) is 0.609. The second-order valence-electron chi connectivity index (χ2n) is 7.36. The summed E-state index contributed by atoms with van der Waals surface area (Å²) in [4.78, 5) is 35.2. The third kappa shape index (κ3) is 7.00. The predicted octanol–water partition coefficient (Wildman–Crippen LogP) is 1.40. The van der Waals surface area contributed by atoms with E-state index in [1.54, 1.807) is 19.2 Å². The lowest BCUT2D eigenvalue weighted by atomic mass is 10.2. The maximum absolute atomic E-state index is 12.5. The molecule has 8 nitrogen and oxygen atoms in total. The molecular formula is C18H26F3N3O5. The van der Waals surface area contributed by atoms with E-state index < -0.39 is 29.1 Å². The van der Waals surface area contributed by atoms with Crippen LogP contribution in [0.2, 0.25) is 0 Å². The SMILES string of the molecule is CC1(C)OCC(Cn2ccc(=O)n(CCCCCCNC(=O)C(F)(F)F)c2=O)O1. The van der Waals surface area contributed by atoms with Gasteiger partial charge in [0.1, 0.15) is 6.10 Å². The van der Waals surface area contributed by atoms with Crippen LogP contribution in [0.1, 0.15) is 39.5 Å². The molecule has 1 atom stereocenters. The molecule has 2 heterocycles. The minimum Gasteiger partial charge on any atom is -0.348 e.